The molecule has 0 fully saturated rings. The molecule has 0 N–H and O–H groups in total. The SMILES string of the molecule is Cc1ccn2c3c(nc2c1)C(C)CC(C)C3. The number of imidazole rings is 1. The largest absolute Gasteiger partial charge is 0.304 e. The topological polar surface area (TPSA) is 17.3 Å². The van der Waals surface area contributed by atoms with Gasteiger partial charge in [-0.3, -0.25) is 0 Å². The van der Waals surface area contributed by atoms with E-state index in [1.54, 1.807) is 0 Å². The highest BCUT2D eigenvalue weighted by molar-refractivity contribution is 5.47. The molecule has 0 aromatic carbocycles. The molecular formula is C14H18N2. The number of aryl methyl sites for hydroxylation is 1. The Hall–Kier alpha value is -1.31. The molecule has 0 saturated heterocycles. The first-order valence-corrected chi connectivity index (χ1v) is 6.12. The average molecular weight is 214 g/mol. The number of hydrogen-bond acceptors (Lipinski definition) is 1. The van der Waals surface area contributed by atoms with Crippen molar-refractivity contribution in [2.75, 3.05) is 0 Å². The van der Waals surface area contributed by atoms with Gasteiger partial charge in [0.05, 0.1) is 5.69 Å². The highest BCUT2D eigenvalue weighted by atomic mass is 15.0. The second kappa shape index (κ2) is 3.34. The van der Waals surface area contributed by atoms with E-state index in [0.29, 0.717) is 5.92 Å². The van der Waals surface area contributed by atoms with E-state index in [-0.39, 0.29) is 0 Å². The number of rotatable bonds is 0. The molecule has 2 heterocycles. The van der Waals surface area contributed by atoms with Crippen molar-refractivity contribution in [3.63, 3.8) is 0 Å². The molecule has 0 bridgehead atoms. The molecule has 1 aliphatic carbocycles. The summed E-state index contributed by atoms with van der Waals surface area (Å²) < 4.78 is 2.27. The van der Waals surface area contributed by atoms with Crippen LogP contribution in [0.2, 0.25) is 0 Å². The van der Waals surface area contributed by atoms with Gasteiger partial charge in [0.25, 0.3) is 0 Å². The maximum atomic E-state index is 4.79. The van der Waals surface area contributed by atoms with Gasteiger partial charge in [-0.2, -0.15) is 0 Å². The molecule has 0 saturated carbocycles. The third-order valence-electron chi connectivity index (χ3n) is 3.68. The van der Waals surface area contributed by atoms with Crippen LogP contribution in [-0.4, -0.2) is 9.38 Å². The van der Waals surface area contributed by atoms with Crippen molar-refractivity contribution < 1.29 is 0 Å². The van der Waals surface area contributed by atoms with Gasteiger partial charge in [-0.15, -0.1) is 0 Å². The third kappa shape index (κ3) is 1.36. The van der Waals surface area contributed by atoms with Crippen LogP contribution in [0, 0.1) is 12.8 Å². The van der Waals surface area contributed by atoms with Crippen molar-refractivity contribution >= 4 is 5.65 Å². The van der Waals surface area contributed by atoms with Crippen LogP contribution in [0.15, 0.2) is 18.3 Å². The summed E-state index contributed by atoms with van der Waals surface area (Å²) in [6, 6.07) is 4.34. The minimum atomic E-state index is 0.610. The Kier molecular flexibility index (Phi) is 2.06. The normalized spacial score (nSPS) is 24.7. The number of nitrogens with zero attached hydrogens (tertiary/aromatic N) is 2. The van der Waals surface area contributed by atoms with E-state index in [0.717, 1.165) is 11.6 Å². The van der Waals surface area contributed by atoms with E-state index < -0.39 is 0 Å². The molecule has 2 unspecified atom stereocenters. The Balaban J connectivity index is 2.26. The van der Waals surface area contributed by atoms with Crippen LogP contribution in [0.5, 0.6) is 0 Å². The highest BCUT2D eigenvalue weighted by Crippen LogP contribution is 2.34. The highest BCUT2D eigenvalue weighted by Gasteiger charge is 2.25. The lowest BCUT2D eigenvalue weighted by molar-refractivity contribution is 0.438. The van der Waals surface area contributed by atoms with Gasteiger partial charge in [0.2, 0.25) is 0 Å². The molecule has 0 spiro atoms. The van der Waals surface area contributed by atoms with Gasteiger partial charge in [0, 0.05) is 17.8 Å². The van der Waals surface area contributed by atoms with Gasteiger partial charge in [-0.05, 0) is 43.4 Å². The molecular weight excluding hydrogens is 196 g/mol. The molecule has 0 amide bonds. The summed E-state index contributed by atoms with van der Waals surface area (Å²) in [6.07, 6.45) is 4.61. The lowest BCUT2D eigenvalue weighted by Crippen LogP contribution is -2.15. The summed E-state index contributed by atoms with van der Waals surface area (Å²) >= 11 is 0. The van der Waals surface area contributed by atoms with Gasteiger partial charge in [0.1, 0.15) is 5.65 Å². The minimum Gasteiger partial charge on any atom is -0.304 e. The number of hydrogen-bond donors (Lipinski definition) is 0. The molecule has 1 aliphatic rings. The monoisotopic (exact) mass is 214 g/mol. The fraction of sp³-hybridized carbons (Fsp3) is 0.500. The van der Waals surface area contributed by atoms with Crippen LogP contribution >= 0.6 is 0 Å². The Morgan fingerprint density at radius 1 is 1.38 bits per heavy atom. The molecule has 2 aromatic heterocycles. The number of pyridine rings is 1. The van der Waals surface area contributed by atoms with Crippen molar-refractivity contribution in [1.82, 2.24) is 9.38 Å². The third-order valence-corrected chi connectivity index (χ3v) is 3.68. The fourth-order valence-corrected chi connectivity index (χ4v) is 2.94. The summed E-state index contributed by atoms with van der Waals surface area (Å²) in [5.74, 6) is 1.39. The predicted octanol–water partition coefficient (Wildman–Crippen LogP) is 3.33. The first-order chi connectivity index (χ1) is 7.65. The van der Waals surface area contributed by atoms with Gasteiger partial charge in [-0.25, -0.2) is 4.98 Å². The van der Waals surface area contributed by atoms with E-state index in [1.807, 2.05) is 0 Å². The van der Waals surface area contributed by atoms with E-state index in [1.165, 1.54) is 29.8 Å². The summed E-state index contributed by atoms with van der Waals surface area (Å²) in [4.78, 5) is 4.79. The smallest absolute Gasteiger partial charge is 0.137 e. The van der Waals surface area contributed by atoms with Crippen LogP contribution < -0.4 is 0 Å². The van der Waals surface area contributed by atoms with E-state index >= 15 is 0 Å². The first-order valence-electron chi connectivity index (χ1n) is 6.12. The fourth-order valence-electron chi connectivity index (χ4n) is 2.94. The summed E-state index contributed by atoms with van der Waals surface area (Å²) in [6.45, 7) is 6.76. The zero-order valence-corrected chi connectivity index (χ0v) is 10.2. The predicted molar refractivity (Wildman–Crippen MR) is 65.8 cm³/mol. The molecule has 2 nitrogen and oxygen atoms in total. The molecule has 2 aromatic rings. The molecule has 0 aliphatic heterocycles. The number of fused-ring (bicyclic) bond motifs is 3. The lowest BCUT2D eigenvalue weighted by atomic mass is 9.84. The molecule has 84 valence electrons. The zero-order valence-electron chi connectivity index (χ0n) is 10.2. The van der Waals surface area contributed by atoms with Crippen LogP contribution in [0.3, 0.4) is 0 Å². The quantitative estimate of drug-likeness (QED) is 0.657. The van der Waals surface area contributed by atoms with Gasteiger partial charge in [0.15, 0.2) is 0 Å². The van der Waals surface area contributed by atoms with E-state index in [9.17, 15) is 0 Å². The van der Waals surface area contributed by atoms with E-state index in [4.69, 9.17) is 4.98 Å². The standard InChI is InChI=1S/C14H18N2/c1-9-4-5-16-12-7-10(2)6-11(3)14(12)15-13(16)8-9/h4-5,8,10-11H,6-7H2,1-3H3. The van der Waals surface area contributed by atoms with Crippen LogP contribution in [0.1, 0.15) is 43.1 Å². The van der Waals surface area contributed by atoms with Crippen LogP contribution in [0.25, 0.3) is 5.65 Å². The van der Waals surface area contributed by atoms with Gasteiger partial charge >= 0.3 is 0 Å². The van der Waals surface area contributed by atoms with Crippen molar-refractivity contribution in [1.29, 1.82) is 0 Å². The van der Waals surface area contributed by atoms with Gasteiger partial charge in [-0.1, -0.05) is 13.8 Å². The second-order valence-corrected chi connectivity index (χ2v) is 5.32. The van der Waals surface area contributed by atoms with Crippen LogP contribution in [0.4, 0.5) is 0 Å². The van der Waals surface area contributed by atoms with Crippen molar-refractivity contribution in [2.24, 2.45) is 5.92 Å². The summed E-state index contributed by atoms with van der Waals surface area (Å²) in [5.41, 5.74) is 5.16. The first kappa shape index (κ1) is 9.88. The summed E-state index contributed by atoms with van der Waals surface area (Å²) in [7, 11) is 0. The molecule has 16 heavy (non-hydrogen) atoms. The van der Waals surface area contributed by atoms with Crippen molar-refractivity contribution in [3.05, 3.63) is 35.3 Å². The molecule has 2 atom stereocenters. The van der Waals surface area contributed by atoms with Gasteiger partial charge < -0.3 is 4.40 Å². The maximum Gasteiger partial charge on any atom is 0.137 e. The molecule has 0 radical (unpaired) electrons. The van der Waals surface area contributed by atoms with Crippen molar-refractivity contribution in [3.8, 4) is 0 Å². The molecule has 2 heteroatoms. The Labute approximate surface area is 96.3 Å². The lowest BCUT2D eigenvalue weighted by Gasteiger charge is -2.23. The Bertz CT molecular complexity index is 539. The Morgan fingerprint density at radius 2 is 2.19 bits per heavy atom. The average Bonchev–Trinajstić information content (AvgIpc) is 2.56. The minimum absolute atomic E-state index is 0.610. The Morgan fingerprint density at radius 3 is 3.00 bits per heavy atom. The number of aromatic nitrogens is 2. The molecule has 3 rings (SSSR count). The van der Waals surface area contributed by atoms with Crippen molar-refractivity contribution in [2.45, 2.75) is 39.5 Å². The zero-order chi connectivity index (χ0) is 11.3. The van der Waals surface area contributed by atoms with E-state index in [2.05, 4.69) is 43.5 Å². The second-order valence-electron chi connectivity index (χ2n) is 5.32. The van der Waals surface area contributed by atoms with Crippen LogP contribution in [-0.2, 0) is 6.42 Å². The maximum absolute atomic E-state index is 4.79. The summed E-state index contributed by atoms with van der Waals surface area (Å²) in [5, 5.41) is 0.